The summed E-state index contributed by atoms with van der Waals surface area (Å²) in [6, 6.07) is 8.54. The Kier molecular flexibility index (Phi) is 6.95. The van der Waals surface area contributed by atoms with Crippen LogP contribution in [0.25, 0.3) is 0 Å². The molecule has 0 bridgehead atoms. The van der Waals surface area contributed by atoms with Gasteiger partial charge in [-0.2, -0.15) is 0 Å². The van der Waals surface area contributed by atoms with Crippen LogP contribution in [-0.4, -0.2) is 38.7 Å². The molecule has 0 saturated carbocycles. The van der Waals surface area contributed by atoms with Crippen LogP contribution >= 0.6 is 11.3 Å². The quantitative estimate of drug-likeness (QED) is 0.437. The molecule has 1 heterocycles. The Morgan fingerprint density at radius 1 is 1.20 bits per heavy atom. The highest BCUT2D eigenvalue weighted by Crippen LogP contribution is 2.16. The summed E-state index contributed by atoms with van der Waals surface area (Å²) in [5, 5.41) is 7.42. The summed E-state index contributed by atoms with van der Waals surface area (Å²) in [5.41, 5.74) is 1.03. The first kappa shape index (κ1) is 19.4. The fourth-order valence-corrected chi connectivity index (χ4v) is 4.55. The number of nitrogens with one attached hydrogen (secondary N) is 2. The van der Waals surface area contributed by atoms with Gasteiger partial charge in [-0.15, -0.1) is 11.3 Å². The molecule has 0 atom stereocenters. The summed E-state index contributed by atoms with van der Waals surface area (Å²) in [4.78, 5) is 10.1. The van der Waals surface area contributed by atoms with Crippen LogP contribution in [0.2, 0.25) is 0 Å². The van der Waals surface area contributed by atoms with Gasteiger partial charge in [-0.05, 0) is 32.4 Å². The second kappa shape index (κ2) is 8.96. The van der Waals surface area contributed by atoms with Gasteiger partial charge in [-0.25, -0.2) is 13.4 Å². The first-order valence-electron chi connectivity index (χ1n) is 8.07. The molecule has 0 aliphatic rings. The van der Waals surface area contributed by atoms with E-state index in [0.717, 1.165) is 10.7 Å². The third kappa shape index (κ3) is 5.82. The van der Waals surface area contributed by atoms with E-state index in [1.54, 1.807) is 42.6 Å². The lowest BCUT2D eigenvalue weighted by Crippen LogP contribution is -2.37. The lowest BCUT2D eigenvalue weighted by molar-refractivity contribution is 0.592. The molecule has 1 aromatic carbocycles. The van der Waals surface area contributed by atoms with Crippen molar-refractivity contribution >= 4 is 27.1 Å². The highest BCUT2D eigenvalue weighted by molar-refractivity contribution is 7.91. The summed E-state index contributed by atoms with van der Waals surface area (Å²) < 4.78 is 24.4. The minimum atomic E-state index is -3.23. The average Bonchev–Trinajstić information content (AvgIpc) is 2.92. The van der Waals surface area contributed by atoms with E-state index in [2.05, 4.69) is 20.6 Å². The van der Waals surface area contributed by atoms with Crippen LogP contribution in [0.4, 0.5) is 0 Å². The maximum absolute atomic E-state index is 12.2. The number of rotatable bonds is 7. The van der Waals surface area contributed by atoms with E-state index < -0.39 is 9.84 Å². The molecule has 0 spiro atoms. The number of hydrogen-bond donors (Lipinski definition) is 2. The molecule has 0 saturated heterocycles. The maximum Gasteiger partial charge on any atom is 0.191 e. The van der Waals surface area contributed by atoms with Gasteiger partial charge in [0.2, 0.25) is 0 Å². The van der Waals surface area contributed by atoms with E-state index in [-0.39, 0.29) is 5.75 Å². The lowest BCUT2D eigenvalue weighted by Gasteiger charge is -2.11. The molecule has 0 aliphatic carbocycles. The van der Waals surface area contributed by atoms with Gasteiger partial charge < -0.3 is 10.6 Å². The van der Waals surface area contributed by atoms with E-state index in [0.29, 0.717) is 30.4 Å². The van der Waals surface area contributed by atoms with Crippen LogP contribution in [-0.2, 0) is 16.4 Å². The van der Waals surface area contributed by atoms with Crippen LogP contribution in [0.1, 0.15) is 22.0 Å². The van der Waals surface area contributed by atoms with Crippen molar-refractivity contribution in [1.82, 2.24) is 15.6 Å². The van der Waals surface area contributed by atoms with Crippen LogP contribution in [0, 0.1) is 13.8 Å². The van der Waals surface area contributed by atoms with Crippen molar-refractivity contribution in [3.8, 4) is 0 Å². The fraction of sp³-hybridized carbons (Fsp3) is 0.412. The van der Waals surface area contributed by atoms with Gasteiger partial charge in [-0.1, -0.05) is 18.2 Å². The Balaban J connectivity index is 1.77. The first-order valence-corrected chi connectivity index (χ1v) is 10.5. The molecule has 8 heteroatoms. The first-order chi connectivity index (χ1) is 11.9. The van der Waals surface area contributed by atoms with Crippen molar-refractivity contribution in [1.29, 1.82) is 0 Å². The summed E-state index contributed by atoms with van der Waals surface area (Å²) in [6.07, 6.45) is 0.511. The van der Waals surface area contributed by atoms with Crippen molar-refractivity contribution in [3.05, 3.63) is 45.9 Å². The number of benzene rings is 1. The Morgan fingerprint density at radius 2 is 1.92 bits per heavy atom. The zero-order valence-corrected chi connectivity index (χ0v) is 16.4. The molecule has 2 aromatic rings. The molecular weight excluding hydrogens is 356 g/mol. The predicted octanol–water partition coefficient (Wildman–Crippen LogP) is 2.29. The van der Waals surface area contributed by atoms with Crippen LogP contribution < -0.4 is 10.6 Å². The molecular formula is C17H24N4O2S2. The molecule has 2 rings (SSSR count). The number of hydrogen-bond acceptors (Lipinski definition) is 5. The summed E-state index contributed by atoms with van der Waals surface area (Å²) >= 11 is 1.66. The molecule has 0 unspecified atom stereocenters. The number of thiazole rings is 1. The third-order valence-electron chi connectivity index (χ3n) is 3.62. The van der Waals surface area contributed by atoms with Crippen LogP contribution in [0.5, 0.6) is 0 Å². The number of aryl methyl sites for hydroxylation is 2. The van der Waals surface area contributed by atoms with Gasteiger partial charge in [-0.3, -0.25) is 4.99 Å². The SMILES string of the molecule is CN=C(NCCCS(=O)(=O)c1ccccc1)NCc1sc(C)nc1C. The van der Waals surface area contributed by atoms with Crippen LogP contribution in [0.15, 0.2) is 40.2 Å². The summed E-state index contributed by atoms with van der Waals surface area (Å²) in [6.45, 7) is 5.17. The topological polar surface area (TPSA) is 83.5 Å². The lowest BCUT2D eigenvalue weighted by atomic mass is 10.4. The minimum Gasteiger partial charge on any atom is -0.356 e. The third-order valence-corrected chi connectivity index (χ3v) is 6.51. The minimum absolute atomic E-state index is 0.105. The highest BCUT2D eigenvalue weighted by Gasteiger charge is 2.13. The van der Waals surface area contributed by atoms with Gasteiger partial charge in [0.1, 0.15) is 0 Å². The highest BCUT2D eigenvalue weighted by atomic mass is 32.2. The largest absolute Gasteiger partial charge is 0.356 e. The zero-order chi connectivity index (χ0) is 18.3. The molecule has 1 aromatic heterocycles. The van der Waals surface area contributed by atoms with Gasteiger partial charge in [0, 0.05) is 18.5 Å². The molecule has 6 nitrogen and oxygen atoms in total. The molecule has 2 N–H and O–H groups in total. The monoisotopic (exact) mass is 380 g/mol. The van der Waals surface area contributed by atoms with E-state index in [1.165, 1.54) is 4.88 Å². The molecule has 136 valence electrons. The van der Waals surface area contributed by atoms with Gasteiger partial charge in [0.25, 0.3) is 0 Å². The van der Waals surface area contributed by atoms with Crippen molar-refractivity contribution in [2.24, 2.45) is 4.99 Å². The number of aliphatic imine (C=N–C) groups is 1. The Labute approximate surface area is 153 Å². The normalized spacial score (nSPS) is 12.2. The molecule has 25 heavy (non-hydrogen) atoms. The van der Waals surface area contributed by atoms with Crippen molar-refractivity contribution < 1.29 is 8.42 Å². The molecule has 0 radical (unpaired) electrons. The summed E-state index contributed by atoms with van der Waals surface area (Å²) in [7, 11) is -1.53. The van der Waals surface area contributed by atoms with E-state index in [1.807, 2.05) is 19.9 Å². The number of aromatic nitrogens is 1. The van der Waals surface area contributed by atoms with Crippen molar-refractivity contribution in [2.75, 3.05) is 19.3 Å². The Bertz CT molecular complexity index is 814. The van der Waals surface area contributed by atoms with E-state index >= 15 is 0 Å². The standard InChI is InChI=1S/C17H24N4O2S2/c1-13-16(24-14(2)21-13)12-20-17(18-3)19-10-7-11-25(22,23)15-8-5-4-6-9-15/h4-6,8-9H,7,10-12H2,1-3H3,(H2,18,19,20). The molecule has 0 amide bonds. The maximum atomic E-state index is 12.2. The average molecular weight is 381 g/mol. The van der Waals surface area contributed by atoms with Crippen LogP contribution in [0.3, 0.4) is 0 Å². The van der Waals surface area contributed by atoms with E-state index in [9.17, 15) is 8.42 Å². The van der Waals surface area contributed by atoms with E-state index in [4.69, 9.17) is 0 Å². The Hall–Kier alpha value is -1.93. The van der Waals surface area contributed by atoms with Crippen molar-refractivity contribution in [3.63, 3.8) is 0 Å². The summed E-state index contributed by atoms with van der Waals surface area (Å²) in [5.74, 6) is 0.760. The van der Waals surface area contributed by atoms with Gasteiger partial charge in [0.15, 0.2) is 15.8 Å². The number of guanidine groups is 1. The van der Waals surface area contributed by atoms with Gasteiger partial charge in [0.05, 0.1) is 27.9 Å². The fourth-order valence-electron chi connectivity index (χ4n) is 2.34. The Morgan fingerprint density at radius 3 is 2.52 bits per heavy atom. The molecule has 0 fully saturated rings. The second-order valence-corrected chi connectivity index (χ2v) is 8.98. The molecule has 0 aliphatic heterocycles. The number of sulfone groups is 1. The zero-order valence-electron chi connectivity index (χ0n) is 14.7. The second-order valence-electron chi connectivity index (χ2n) is 5.58. The number of nitrogens with zero attached hydrogens (tertiary/aromatic N) is 2. The van der Waals surface area contributed by atoms with Gasteiger partial charge >= 0.3 is 0 Å². The predicted molar refractivity (Wildman–Crippen MR) is 103 cm³/mol. The smallest absolute Gasteiger partial charge is 0.191 e. The van der Waals surface area contributed by atoms with Crippen molar-refractivity contribution in [2.45, 2.75) is 31.7 Å².